The minimum atomic E-state index is -0.565. The van der Waals surface area contributed by atoms with Crippen molar-refractivity contribution in [2.45, 2.75) is 0 Å². The summed E-state index contributed by atoms with van der Waals surface area (Å²) >= 11 is 3.22. The van der Waals surface area contributed by atoms with Gasteiger partial charge < -0.3 is 4.74 Å². The number of rotatable bonds is 1. The van der Waals surface area contributed by atoms with Gasteiger partial charge in [0.25, 0.3) is 0 Å². The lowest BCUT2D eigenvalue weighted by molar-refractivity contribution is 0.0601. The van der Waals surface area contributed by atoms with Crippen LogP contribution in [0.1, 0.15) is 10.4 Å². The molecular formula is C11H7BrFNO2. The second-order valence-electron chi connectivity index (χ2n) is 3.15. The quantitative estimate of drug-likeness (QED) is 0.597. The molecule has 0 fully saturated rings. The minimum Gasteiger partial charge on any atom is -0.465 e. The van der Waals surface area contributed by atoms with E-state index < -0.39 is 11.9 Å². The number of nitrogens with zero attached hydrogens (tertiary/aromatic N) is 1. The minimum absolute atomic E-state index is 0.407. The number of pyridine rings is 1. The number of methoxy groups -OCH3 is 1. The highest BCUT2D eigenvalue weighted by Crippen LogP contribution is 2.24. The number of aromatic nitrogens is 1. The Hall–Kier alpha value is -1.49. The van der Waals surface area contributed by atoms with Crippen LogP contribution < -0.4 is 0 Å². The first-order valence-electron chi connectivity index (χ1n) is 4.46. The maximum atomic E-state index is 13.0. The van der Waals surface area contributed by atoms with Gasteiger partial charge in [0.2, 0.25) is 5.95 Å². The van der Waals surface area contributed by atoms with Gasteiger partial charge in [-0.05, 0) is 34.1 Å². The summed E-state index contributed by atoms with van der Waals surface area (Å²) in [5.74, 6) is -0.997. The molecule has 0 amide bonds. The molecule has 0 atom stereocenters. The molecule has 2 rings (SSSR count). The normalized spacial score (nSPS) is 10.4. The highest BCUT2D eigenvalue weighted by Gasteiger charge is 2.09. The molecule has 1 aromatic carbocycles. The number of ether oxygens (including phenoxy) is 1. The van der Waals surface area contributed by atoms with Crippen molar-refractivity contribution in [3.63, 3.8) is 0 Å². The van der Waals surface area contributed by atoms with Gasteiger partial charge in [0, 0.05) is 15.9 Å². The number of halogens is 2. The lowest BCUT2D eigenvalue weighted by Crippen LogP contribution is -2.01. The zero-order chi connectivity index (χ0) is 11.7. The Kier molecular flexibility index (Phi) is 2.87. The van der Waals surface area contributed by atoms with Crippen LogP contribution in [0, 0.1) is 5.95 Å². The van der Waals surface area contributed by atoms with Crippen molar-refractivity contribution in [2.75, 3.05) is 7.11 Å². The highest BCUT2D eigenvalue weighted by atomic mass is 79.9. The molecule has 82 valence electrons. The molecule has 16 heavy (non-hydrogen) atoms. The van der Waals surface area contributed by atoms with E-state index in [0.29, 0.717) is 20.9 Å². The van der Waals surface area contributed by atoms with E-state index in [0.717, 1.165) is 0 Å². The lowest BCUT2D eigenvalue weighted by atomic mass is 10.1. The van der Waals surface area contributed by atoms with Crippen molar-refractivity contribution in [3.05, 3.63) is 40.2 Å². The van der Waals surface area contributed by atoms with Crippen LogP contribution in [-0.2, 0) is 4.74 Å². The Morgan fingerprint density at radius 1 is 1.44 bits per heavy atom. The van der Waals surface area contributed by atoms with Gasteiger partial charge in [0.15, 0.2) is 0 Å². The summed E-state index contributed by atoms with van der Waals surface area (Å²) in [7, 11) is 1.31. The SMILES string of the molecule is COC(=O)c1ccc2nc(F)cc(Br)c2c1. The molecule has 0 aliphatic heterocycles. The summed E-state index contributed by atoms with van der Waals surface area (Å²) in [4.78, 5) is 15.0. The molecule has 0 saturated heterocycles. The van der Waals surface area contributed by atoms with Crippen molar-refractivity contribution in [1.29, 1.82) is 0 Å². The fourth-order valence-corrected chi connectivity index (χ4v) is 1.91. The van der Waals surface area contributed by atoms with Gasteiger partial charge in [-0.1, -0.05) is 0 Å². The third-order valence-electron chi connectivity index (χ3n) is 2.15. The van der Waals surface area contributed by atoms with Gasteiger partial charge >= 0.3 is 5.97 Å². The summed E-state index contributed by atoms with van der Waals surface area (Å²) in [6.45, 7) is 0. The van der Waals surface area contributed by atoms with E-state index in [9.17, 15) is 9.18 Å². The zero-order valence-corrected chi connectivity index (χ0v) is 9.92. The van der Waals surface area contributed by atoms with Gasteiger partial charge in [0.05, 0.1) is 18.2 Å². The molecule has 1 aromatic heterocycles. The number of fused-ring (bicyclic) bond motifs is 1. The average molecular weight is 284 g/mol. The van der Waals surface area contributed by atoms with E-state index in [1.165, 1.54) is 13.2 Å². The highest BCUT2D eigenvalue weighted by molar-refractivity contribution is 9.10. The third-order valence-corrected chi connectivity index (χ3v) is 2.80. The zero-order valence-electron chi connectivity index (χ0n) is 8.33. The first-order valence-corrected chi connectivity index (χ1v) is 5.25. The molecule has 0 saturated carbocycles. The van der Waals surface area contributed by atoms with E-state index in [1.54, 1.807) is 18.2 Å². The first-order chi connectivity index (χ1) is 7.61. The van der Waals surface area contributed by atoms with Gasteiger partial charge in [0.1, 0.15) is 0 Å². The number of esters is 1. The fraction of sp³-hybridized carbons (Fsp3) is 0.0909. The fourth-order valence-electron chi connectivity index (χ4n) is 1.40. The van der Waals surface area contributed by atoms with Gasteiger partial charge in [-0.15, -0.1) is 0 Å². The molecule has 5 heteroatoms. The lowest BCUT2D eigenvalue weighted by Gasteiger charge is -2.03. The van der Waals surface area contributed by atoms with Crippen LogP contribution in [-0.4, -0.2) is 18.1 Å². The average Bonchev–Trinajstić information content (AvgIpc) is 2.27. The Balaban J connectivity index is 2.66. The van der Waals surface area contributed by atoms with Crippen LogP contribution in [0.5, 0.6) is 0 Å². The van der Waals surface area contributed by atoms with Crippen LogP contribution >= 0.6 is 15.9 Å². The summed E-state index contributed by atoms with van der Waals surface area (Å²) in [6, 6.07) is 5.99. The first kappa shape index (κ1) is 11.0. The maximum absolute atomic E-state index is 13.0. The molecule has 0 aliphatic rings. The standard InChI is InChI=1S/C11H7BrFNO2/c1-16-11(15)6-2-3-9-7(4-6)8(12)5-10(13)14-9/h2-5H,1H3. The van der Waals surface area contributed by atoms with Crippen molar-refractivity contribution in [2.24, 2.45) is 0 Å². The number of benzene rings is 1. The van der Waals surface area contributed by atoms with Crippen LogP contribution in [0.15, 0.2) is 28.7 Å². The molecular weight excluding hydrogens is 277 g/mol. The second-order valence-corrected chi connectivity index (χ2v) is 4.00. The maximum Gasteiger partial charge on any atom is 0.337 e. The van der Waals surface area contributed by atoms with Crippen LogP contribution in [0.3, 0.4) is 0 Å². The van der Waals surface area contributed by atoms with Crippen molar-refractivity contribution >= 4 is 32.8 Å². The Labute approximate surface area is 99.4 Å². The smallest absolute Gasteiger partial charge is 0.337 e. The van der Waals surface area contributed by atoms with E-state index in [4.69, 9.17) is 0 Å². The second kappa shape index (κ2) is 4.17. The summed E-state index contributed by atoms with van der Waals surface area (Å²) < 4.78 is 18.1. The predicted octanol–water partition coefficient (Wildman–Crippen LogP) is 2.92. The Bertz CT molecular complexity index is 571. The number of carbonyl (C=O) groups is 1. The molecule has 0 bridgehead atoms. The molecule has 1 heterocycles. The van der Waals surface area contributed by atoms with E-state index >= 15 is 0 Å². The predicted molar refractivity (Wildman–Crippen MR) is 60.7 cm³/mol. The largest absolute Gasteiger partial charge is 0.465 e. The van der Waals surface area contributed by atoms with Crippen molar-refractivity contribution < 1.29 is 13.9 Å². The molecule has 0 aliphatic carbocycles. The van der Waals surface area contributed by atoms with Crippen LogP contribution in [0.4, 0.5) is 4.39 Å². The Morgan fingerprint density at radius 2 is 2.19 bits per heavy atom. The molecule has 0 spiro atoms. The summed E-state index contributed by atoms with van der Waals surface area (Å²) in [5, 5.41) is 0.671. The molecule has 0 unspecified atom stereocenters. The van der Waals surface area contributed by atoms with Gasteiger partial charge in [-0.25, -0.2) is 9.78 Å². The van der Waals surface area contributed by atoms with Gasteiger partial charge in [-0.3, -0.25) is 0 Å². The van der Waals surface area contributed by atoms with Gasteiger partial charge in [-0.2, -0.15) is 4.39 Å². The van der Waals surface area contributed by atoms with Crippen molar-refractivity contribution in [3.8, 4) is 0 Å². The Morgan fingerprint density at radius 3 is 2.88 bits per heavy atom. The van der Waals surface area contributed by atoms with E-state index in [-0.39, 0.29) is 0 Å². The number of hydrogen-bond donors (Lipinski definition) is 0. The van der Waals surface area contributed by atoms with E-state index in [2.05, 4.69) is 25.7 Å². The monoisotopic (exact) mass is 283 g/mol. The van der Waals surface area contributed by atoms with Crippen LogP contribution in [0.2, 0.25) is 0 Å². The molecule has 0 radical (unpaired) electrons. The number of carbonyl (C=O) groups excluding carboxylic acids is 1. The van der Waals surface area contributed by atoms with Crippen molar-refractivity contribution in [1.82, 2.24) is 4.98 Å². The number of hydrogen-bond acceptors (Lipinski definition) is 3. The molecule has 3 nitrogen and oxygen atoms in total. The van der Waals surface area contributed by atoms with Crippen LogP contribution in [0.25, 0.3) is 10.9 Å². The summed E-state index contributed by atoms with van der Waals surface area (Å²) in [5.41, 5.74) is 0.892. The summed E-state index contributed by atoms with van der Waals surface area (Å²) in [6.07, 6.45) is 0. The van der Waals surface area contributed by atoms with E-state index in [1.807, 2.05) is 0 Å². The molecule has 2 aromatic rings. The molecule has 0 N–H and O–H groups in total. The topological polar surface area (TPSA) is 39.2 Å². The third kappa shape index (κ3) is 1.90.